The molecule has 1 saturated heterocycles. The summed E-state index contributed by atoms with van der Waals surface area (Å²) in [5, 5.41) is 3.43. The standard InChI is InChI=1S/C14H22N2O.ClH/c1-12-10-13(4-5-14(12)17-2)11-16-8-3-6-15-7-9-16;/h4-5,10,15H,3,6-9,11H2,1-2H3;1H. The second-order valence-electron chi connectivity index (χ2n) is 4.68. The lowest BCUT2D eigenvalue weighted by Crippen LogP contribution is -2.27. The predicted molar refractivity (Wildman–Crippen MR) is 77.7 cm³/mol. The maximum Gasteiger partial charge on any atom is 0.121 e. The molecule has 0 aromatic heterocycles. The first-order valence-electron chi connectivity index (χ1n) is 6.36. The van der Waals surface area contributed by atoms with Crippen molar-refractivity contribution in [1.82, 2.24) is 10.2 Å². The van der Waals surface area contributed by atoms with Gasteiger partial charge in [0.25, 0.3) is 0 Å². The number of hydrogen-bond donors (Lipinski definition) is 1. The predicted octanol–water partition coefficient (Wildman–Crippen LogP) is 2.22. The van der Waals surface area contributed by atoms with Gasteiger partial charge in [0.2, 0.25) is 0 Å². The molecule has 0 radical (unpaired) electrons. The van der Waals surface area contributed by atoms with Gasteiger partial charge in [0.1, 0.15) is 5.75 Å². The zero-order chi connectivity index (χ0) is 12.1. The molecule has 1 aliphatic rings. The van der Waals surface area contributed by atoms with E-state index in [1.165, 1.54) is 24.1 Å². The van der Waals surface area contributed by atoms with E-state index in [1.807, 2.05) is 0 Å². The highest BCUT2D eigenvalue weighted by Gasteiger charge is 2.09. The molecule has 102 valence electrons. The Morgan fingerprint density at radius 2 is 2.11 bits per heavy atom. The summed E-state index contributed by atoms with van der Waals surface area (Å²) in [5.74, 6) is 0.978. The molecule has 2 rings (SSSR count). The van der Waals surface area contributed by atoms with Crippen molar-refractivity contribution in [2.75, 3.05) is 33.3 Å². The van der Waals surface area contributed by atoms with Crippen LogP contribution in [0, 0.1) is 6.92 Å². The van der Waals surface area contributed by atoms with Crippen molar-refractivity contribution in [3.63, 3.8) is 0 Å². The normalized spacial score (nSPS) is 16.8. The third-order valence-electron chi connectivity index (χ3n) is 3.30. The van der Waals surface area contributed by atoms with Gasteiger partial charge in [-0.1, -0.05) is 12.1 Å². The molecule has 1 N–H and O–H groups in total. The number of aryl methyl sites for hydroxylation is 1. The summed E-state index contributed by atoms with van der Waals surface area (Å²) in [5.41, 5.74) is 2.60. The van der Waals surface area contributed by atoms with Crippen LogP contribution >= 0.6 is 12.4 Å². The maximum atomic E-state index is 5.29. The second-order valence-corrected chi connectivity index (χ2v) is 4.68. The lowest BCUT2D eigenvalue weighted by Gasteiger charge is -2.20. The first kappa shape index (κ1) is 15.3. The van der Waals surface area contributed by atoms with Gasteiger partial charge >= 0.3 is 0 Å². The van der Waals surface area contributed by atoms with Crippen LogP contribution in [0.25, 0.3) is 0 Å². The van der Waals surface area contributed by atoms with Crippen LogP contribution in [0.15, 0.2) is 18.2 Å². The molecule has 1 fully saturated rings. The molecule has 0 amide bonds. The summed E-state index contributed by atoms with van der Waals surface area (Å²) in [7, 11) is 1.72. The molecule has 3 nitrogen and oxygen atoms in total. The molecular formula is C14H23ClN2O. The first-order chi connectivity index (χ1) is 8.29. The van der Waals surface area contributed by atoms with E-state index in [1.54, 1.807) is 7.11 Å². The topological polar surface area (TPSA) is 24.5 Å². The van der Waals surface area contributed by atoms with Crippen molar-refractivity contribution in [2.45, 2.75) is 19.9 Å². The minimum atomic E-state index is 0. The van der Waals surface area contributed by atoms with Gasteiger partial charge in [0.05, 0.1) is 7.11 Å². The van der Waals surface area contributed by atoms with Crippen molar-refractivity contribution in [2.24, 2.45) is 0 Å². The fourth-order valence-corrected chi connectivity index (χ4v) is 2.36. The van der Waals surface area contributed by atoms with Gasteiger partial charge in [0.15, 0.2) is 0 Å². The van der Waals surface area contributed by atoms with Crippen LogP contribution in [0.5, 0.6) is 5.75 Å². The lowest BCUT2D eigenvalue weighted by molar-refractivity contribution is 0.284. The van der Waals surface area contributed by atoms with Crippen LogP contribution in [0.3, 0.4) is 0 Å². The molecule has 0 unspecified atom stereocenters. The maximum absolute atomic E-state index is 5.29. The van der Waals surface area contributed by atoms with E-state index in [4.69, 9.17) is 4.74 Å². The Kier molecular flexibility index (Phi) is 6.47. The van der Waals surface area contributed by atoms with E-state index in [2.05, 4.69) is 35.3 Å². The van der Waals surface area contributed by atoms with Crippen LogP contribution in [-0.4, -0.2) is 38.2 Å². The fourth-order valence-electron chi connectivity index (χ4n) is 2.36. The van der Waals surface area contributed by atoms with Gasteiger partial charge < -0.3 is 10.1 Å². The van der Waals surface area contributed by atoms with Crippen LogP contribution in [-0.2, 0) is 6.54 Å². The zero-order valence-electron chi connectivity index (χ0n) is 11.2. The lowest BCUT2D eigenvalue weighted by atomic mass is 10.1. The number of ether oxygens (including phenoxy) is 1. The average molecular weight is 271 g/mol. The minimum Gasteiger partial charge on any atom is -0.496 e. The molecule has 1 aliphatic heterocycles. The smallest absolute Gasteiger partial charge is 0.121 e. The zero-order valence-corrected chi connectivity index (χ0v) is 12.1. The largest absolute Gasteiger partial charge is 0.496 e. The molecular weight excluding hydrogens is 248 g/mol. The Morgan fingerprint density at radius 1 is 1.28 bits per heavy atom. The van der Waals surface area contributed by atoms with E-state index < -0.39 is 0 Å². The number of hydrogen-bond acceptors (Lipinski definition) is 3. The minimum absolute atomic E-state index is 0. The third-order valence-corrected chi connectivity index (χ3v) is 3.30. The summed E-state index contributed by atoms with van der Waals surface area (Å²) >= 11 is 0. The number of methoxy groups -OCH3 is 1. The van der Waals surface area contributed by atoms with Gasteiger partial charge in [-0.3, -0.25) is 4.90 Å². The highest BCUT2D eigenvalue weighted by Crippen LogP contribution is 2.19. The van der Waals surface area contributed by atoms with E-state index >= 15 is 0 Å². The molecule has 1 aromatic carbocycles. The number of benzene rings is 1. The van der Waals surface area contributed by atoms with Crippen LogP contribution in [0.1, 0.15) is 17.5 Å². The number of nitrogens with zero attached hydrogens (tertiary/aromatic N) is 1. The Bertz CT molecular complexity index is 363. The van der Waals surface area contributed by atoms with E-state index in [-0.39, 0.29) is 12.4 Å². The fraction of sp³-hybridized carbons (Fsp3) is 0.571. The van der Waals surface area contributed by atoms with Crippen molar-refractivity contribution < 1.29 is 4.74 Å². The summed E-state index contributed by atoms with van der Waals surface area (Å²) in [6.45, 7) is 7.75. The van der Waals surface area contributed by atoms with Crippen molar-refractivity contribution in [3.8, 4) is 5.75 Å². The molecule has 0 bridgehead atoms. The summed E-state index contributed by atoms with van der Waals surface area (Å²) in [4.78, 5) is 2.52. The van der Waals surface area contributed by atoms with Crippen LogP contribution in [0.2, 0.25) is 0 Å². The Balaban J connectivity index is 0.00000162. The number of rotatable bonds is 3. The van der Waals surface area contributed by atoms with Crippen LogP contribution < -0.4 is 10.1 Å². The third kappa shape index (κ3) is 4.16. The van der Waals surface area contributed by atoms with Gasteiger partial charge in [-0.25, -0.2) is 0 Å². The molecule has 0 atom stereocenters. The molecule has 1 aromatic rings. The molecule has 0 spiro atoms. The number of nitrogens with one attached hydrogen (secondary N) is 1. The molecule has 0 aliphatic carbocycles. The quantitative estimate of drug-likeness (QED) is 0.912. The van der Waals surface area contributed by atoms with E-state index in [0.717, 1.165) is 31.9 Å². The highest BCUT2D eigenvalue weighted by atomic mass is 35.5. The van der Waals surface area contributed by atoms with E-state index in [0.29, 0.717) is 0 Å². The summed E-state index contributed by atoms with van der Waals surface area (Å²) in [6, 6.07) is 6.47. The van der Waals surface area contributed by atoms with Gasteiger partial charge in [0, 0.05) is 19.6 Å². The Hall–Kier alpha value is -0.770. The summed E-state index contributed by atoms with van der Waals surface area (Å²) < 4.78 is 5.29. The first-order valence-corrected chi connectivity index (χ1v) is 6.36. The monoisotopic (exact) mass is 270 g/mol. The molecule has 0 saturated carbocycles. The Labute approximate surface area is 116 Å². The average Bonchev–Trinajstić information content (AvgIpc) is 2.58. The molecule has 1 heterocycles. The Morgan fingerprint density at radius 3 is 2.83 bits per heavy atom. The molecule has 18 heavy (non-hydrogen) atoms. The van der Waals surface area contributed by atoms with Crippen molar-refractivity contribution in [1.29, 1.82) is 0 Å². The van der Waals surface area contributed by atoms with Crippen LogP contribution in [0.4, 0.5) is 0 Å². The SMILES string of the molecule is COc1ccc(CN2CCCNCC2)cc1C.Cl. The van der Waals surface area contributed by atoms with Gasteiger partial charge in [-0.15, -0.1) is 12.4 Å². The van der Waals surface area contributed by atoms with Crippen molar-refractivity contribution in [3.05, 3.63) is 29.3 Å². The van der Waals surface area contributed by atoms with Gasteiger partial charge in [-0.05, 0) is 43.6 Å². The highest BCUT2D eigenvalue weighted by molar-refractivity contribution is 5.85. The summed E-state index contributed by atoms with van der Waals surface area (Å²) in [6.07, 6.45) is 1.25. The van der Waals surface area contributed by atoms with E-state index in [9.17, 15) is 0 Å². The van der Waals surface area contributed by atoms with Crippen molar-refractivity contribution >= 4 is 12.4 Å². The second kappa shape index (κ2) is 7.62. The number of halogens is 1. The molecule has 4 heteroatoms. The van der Waals surface area contributed by atoms with Gasteiger partial charge in [-0.2, -0.15) is 0 Å².